The average molecular weight is 581 g/mol. The third-order valence-electron chi connectivity index (χ3n) is 6.85. The Labute approximate surface area is 222 Å². The van der Waals surface area contributed by atoms with Crippen LogP contribution in [-0.4, -0.2) is 64.1 Å². The van der Waals surface area contributed by atoms with E-state index in [4.69, 9.17) is 4.74 Å². The van der Waals surface area contributed by atoms with E-state index in [2.05, 4.69) is 5.32 Å². The molecule has 0 bridgehead atoms. The molecule has 0 saturated carbocycles. The number of anilines is 1. The second-order valence-corrected chi connectivity index (χ2v) is 11.0. The number of carbonyl (C=O) groups is 1. The van der Waals surface area contributed by atoms with Gasteiger partial charge in [0, 0.05) is 12.0 Å². The van der Waals surface area contributed by atoms with E-state index in [-0.39, 0.29) is 43.7 Å². The standard InChI is InChI=1S/C25H26F6N2O5S/c1-14-2-7-18(8-3-14)39(37)33-17(11-22(35)32-19-12-38-13-21(19)34)6-4-15-10-16(5-9-20(15)33)23(36,24(26,27)28)25(29,30)31/h2-3,5,7-10,17,19,21,34,36H,4,6,11-13H2,1H3,(H,32,35)/t17-,19?,21+,39?/m0/s1. The van der Waals surface area contributed by atoms with Crippen molar-refractivity contribution in [3.8, 4) is 0 Å². The quantitative estimate of drug-likeness (QED) is 0.455. The van der Waals surface area contributed by atoms with E-state index in [0.717, 1.165) is 11.6 Å². The highest BCUT2D eigenvalue weighted by atomic mass is 32.2. The monoisotopic (exact) mass is 580 g/mol. The summed E-state index contributed by atoms with van der Waals surface area (Å²) in [5, 5.41) is 22.4. The molecule has 3 N–H and O–H groups in total. The van der Waals surface area contributed by atoms with Gasteiger partial charge in [0.1, 0.15) is 0 Å². The van der Waals surface area contributed by atoms with E-state index in [1.54, 1.807) is 31.2 Å². The lowest BCUT2D eigenvalue weighted by molar-refractivity contribution is -0.376. The van der Waals surface area contributed by atoms with Crippen molar-refractivity contribution in [3.63, 3.8) is 0 Å². The molecule has 2 heterocycles. The van der Waals surface area contributed by atoms with Crippen molar-refractivity contribution in [3.05, 3.63) is 59.2 Å². The summed E-state index contributed by atoms with van der Waals surface area (Å²) in [5.74, 6) is -0.496. The van der Waals surface area contributed by atoms with Crippen molar-refractivity contribution < 1.29 is 50.3 Å². The molecule has 39 heavy (non-hydrogen) atoms. The molecule has 2 aliphatic heterocycles. The molecular formula is C25H26F6N2O5S. The summed E-state index contributed by atoms with van der Waals surface area (Å²) in [4.78, 5) is 13.1. The van der Waals surface area contributed by atoms with Crippen LogP contribution in [0.3, 0.4) is 0 Å². The van der Waals surface area contributed by atoms with E-state index >= 15 is 0 Å². The molecule has 7 nitrogen and oxygen atoms in total. The lowest BCUT2D eigenvalue weighted by atomic mass is 9.87. The first-order valence-corrected chi connectivity index (χ1v) is 13.1. The van der Waals surface area contributed by atoms with Crippen molar-refractivity contribution in [1.82, 2.24) is 5.32 Å². The summed E-state index contributed by atoms with van der Waals surface area (Å²) in [7, 11) is -1.99. The zero-order valence-electron chi connectivity index (χ0n) is 20.6. The van der Waals surface area contributed by atoms with Gasteiger partial charge in [-0.2, -0.15) is 26.3 Å². The van der Waals surface area contributed by atoms with Crippen LogP contribution in [0.4, 0.5) is 32.0 Å². The van der Waals surface area contributed by atoms with Gasteiger partial charge in [0.2, 0.25) is 5.91 Å². The Balaban J connectivity index is 1.71. The zero-order valence-corrected chi connectivity index (χ0v) is 21.4. The minimum Gasteiger partial charge on any atom is -0.388 e. The number of aryl methyl sites for hydroxylation is 2. The molecule has 2 aliphatic rings. The maximum Gasteiger partial charge on any atom is 0.430 e. The number of amides is 1. The van der Waals surface area contributed by atoms with Crippen LogP contribution < -0.4 is 9.62 Å². The Hall–Kier alpha value is -2.68. The second-order valence-electron chi connectivity index (χ2n) is 9.61. The van der Waals surface area contributed by atoms with Crippen LogP contribution >= 0.6 is 0 Å². The van der Waals surface area contributed by atoms with Crippen LogP contribution in [0.5, 0.6) is 0 Å². The van der Waals surface area contributed by atoms with E-state index < -0.39 is 58.6 Å². The van der Waals surface area contributed by atoms with Gasteiger partial charge in [-0.05, 0) is 43.5 Å². The normalized spacial score (nSPS) is 22.9. The molecule has 0 spiro atoms. The van der Waals surface area contributed by atoms with Gasteiger partial charge >= 0.3 is 12.4 Å². The maximum absolute atomic E-state index is 13.7. The first-order chi connectivity index (χ1) is 18.1. The minimum atomic E-state index is -6.05. The number of halogens is 6. The van der Waals surface area contributed by atoms with Crippen molar-refractivity contribution in [2.24, 2.45) is 0 Å². The van der Waals surface area contributed by atoms with Crippen LogP contribution in [0, 0.1) is 6.92 Å². The van der Waals surface area contributed by atoms with E-state index in [9.17, 15) is 45.6 Å². The van der Waals surface area contributed by atoms with Crippen LogP contribution in [0.1, 0.15) is 29.5 Å². The number of nitrogens with one attached hydrogen (secondary N) is 1. The van der Waals surface area contributed by atoms with E-state index in [1.165, 1.54) is 4.31 Å². The predicted octanol–water partition coefficient (Wildman–Crippen LogP) is 3.42. The van der Waals surface area contributed by atoms with Gasteiger partial charge in [-0.3, -0.25) is 9.10 Å². The van der Waals surface area contributed by atoms with Gasteiger partial charge in [0.05, 0.1) is 42.0 Å². The number of alkyl halides is 6. The smallest absolute Gasteiger partial charge is 0.388 e. The fraction of sp³-hybridized carbons (Fsp3) is 0.480. The molecule has 2 unspecified atom stereocenters. The molecule has 214 valence electrons. The average Bonchev–Trinajstić information content (AvgIpc) is 3.25. The lowest BCUT2D eigenvalue weighted by Gasteiger charge is -2.39. The number of rotatable bonds is 6. The van der Waals surface area contributed by atoms with Gasteiger partial charge in [0.15, 0.2) is 11.0 Å². The maximum atomic E-state index is 13.7. The molecule has 0 aromatic heterocycles. The van der Waals surface area contributed by atoms with Gasteiger partial charge in [-0.1, -0.05) is 29.8 Å². The van der Waals surface area contributed by atoms with Crippen molar-refractivity contribution >= 4 is 22.6 Å². The van der Waals surface area contributed by atoms with Crippen molar-refractivity contribution in [1.29, 1.82) is 0 Å². The first kappa shape index (κ1) is 29.3. The van der Waals surface area contributed by atoms with Crippen LogP contribution in [0.25, 0.3) is 0 Å². The number of fused-ring (bicyclic) bond motifs is 1. The molecule has 1 amide bonds. The summed E-state index contributed by atoms with van der Waals surface area (Å²) in [6.45, 7) is 1.96. The Kier molecular flexibility index (Phi) is 8.05. The molecule has 1 saturated heterocycles. The van der Waals surface area contributed by atoms with Gasteiger partial charge in [-0.25, -0.2) is 4.21 Å². The summed E-state index contributed by atoms with van der Waals surface area (Å²) in [6, 6.07) is 7.23. The van der Waals surface area contributed by atoms with Crippen molar-refractivity contribution in [2.75, 3.05) is 17.5 Å². The molecule has 2 aromatic carbocycles. The predicted molar refractivity (Wildman–Crippen MR) is 128 cm³/mol. The topological polar surface area (TPSA) is 99.1 Å². The molecule has 0 aliphatic carbocycles. The number of aliphatic hydroxyl groups is 2. The molecule has 1 fully saturated rings. The molecular weight excluding hydrogens is 554 g/mol. The third kappa shape index (κ3) is 5.65. The first-order valence-electron chi connectivity index (χ1n) is 12.0. The Morgan fingerprint density at radius 2 is 1.72 bits per heavy atom. The highest BCUT2D eigenvalue weighted by Crippen LogP contribution is 2.51. The second kappa shape index (κ2) is 10.7. The molecule has 2 aromatic rings. The summed E-state index contributed by atoms with van der Waals surface area (Å²) >= 11 is 0. The number of aliphatic hydroxyl groups excluding tert-OH is 1. The van der Waals surface area contributed by atoms with Gasteiger partial charge < -0.3 is 20.3 Å². The SMILES string of the molecule is Cc1ccc(S(=O)N2c3ccc(C(O)(C(F)(F)F)C(F)(F)F)cc3CC[C@H]2CC(=O)NC2COC[C@H]2O)cc1. The molecule has 14 heteroatoms. The highest BCUT2D eigenvalue weighted by Gasteiger charge is 2.71. The summed E-state index contributed by atoms with van der Waals surface area (Å²) < 4.78 is 101. The number of hydrogen-bond donors (Lipinski definition) is 3. The Morgan fingerprint density at radius 1 is 1.08 bits per heavy atom. The largest absolute Gasteiger partial charge is 0.430 e. The summed E-state index contributed by atoms with van der Waals surface area (Å²) in [5.41, 5.74) is -5.55. The van der Waals surface area contributed by atoms with Gasteiger partial charge in [0.25, 0.3) is 5.60 Å². The third-order valence-corrected chi connectivity index (χ3v) is 8.38. The number of nitrogens with zero attached hydrogens (tertiary/aromatic N) is 1. The van der Waals surface area contributed by atoms with Crippen LogP contribution in [0.2, 0.25) is 0 Å². The van der Waals surface area contributed by atoms with Crippen LogP contribution in [-0.2, 0) is 32.5 Å². The highest BCUT2D eigenvalue weighted by molar-refractivity contribution is 7.86. The molecule has 4 rings (SSSR count). The summed E-state index contributed by atoms with van der Waals surface area (Å²) in [6.07, 6.45) is -13.2. The van der Waals surface area contributed by atoms with E-state index in [1.807, 2.05) is 0 Å². The Bertz CT molecular complexity index is 1220. The lowest BCUT2D eigenvalue weighted by Crippen LogP contribution is -2.54. The number of benzene rings is 2. The molecule has 4 atom stereocenters. The fourth-order valence-corrected chi connectivity index (χ4v) is 6.09. The molecule has 0 radical (unpaired) electrons. The number of ether oxygens (including phenoxy) is 1. The number of carbonyl (C=O) groups excluding carboxylic acids is 1. The van der Waals surface area contributed by atoms with Crippen LogP contribution in [0.15, 0.2) is 47.4 Å². The zero-order chi connectivity index (χ0) is 28.8. The van der Waals surface area contributed by atoms with Gasteiger partial charge in [-0.15, -0.1) is 0 Å². The Morgan fingerprint density at radius 3 is 2.28 bits per heavy atom. The number of hydrogen-bond acceptors (Lipinski definition) is 5. The van der Waals surface area contributed by atoms with E-state index in [0.29, 0.717) is 17.0 Å². The minimum absolute atomic E-state index is 0.0103. The van der Waals surface area contributed by atoms with Crippen molar-refractivity contribution in [2.45, 2.75) is 67.2 Å². The fourth-order valence-electron chi connectivity index (χ4n) is 4.69.